The minimum atomic E-state index is -4.49. The van der Waals surface area contributed by atoms with Crippen LogP contribution in [0.15, 0.2) is 53.6 Å². The lowest BCUT2D eigenvalue weighted by Crippen LogP contribution is -2.35. The Kier molecular flexibility index (Phi) is 5.59. The van der Waals surface area contributed by atoms with Gasteiger partial charge in [0.1, 0.15) is 5.39 Å². The Morgan fingerprint density at radius 1 is 1.06 bits per heavy atom. The Morgan fingerprint density at radius 2 is 1.80 bits per heavy atom. The molecule has 0 amide bonds. The first-order valence-electron chi connectivity index (χ1n) is 11.1. The number of H-pyrrole nitrogens is 1. The number of rotatable bonds is 4. The first-order chi connectivity index (χ1) is 16.6. The number of aryl methyl sites for hydroxylation is 1. The van der Waals surface area contributed by atoms with Crippen LogP contribution in [-0.2, 0) is 6.18 Å². The van der Waals surface area contributed by atoms with Gasteiger partial charge in [-0.2, -0.15) is 27.9 Å². The van der Waals surface area contributed by atoms with Crippen molar-refractivity contribution in [3.63, 3.8) is 0 Å². The number of anilines is 1. The lowest BCUT2D eigenvalue weighted by atomic mass is 9.93. The summed E-state index contributed by atoms with van der Waals surface area (Å²) in [7, 11) is 4.06. The third-order valence-electron chi connectivity index (χ3n) is 6.48. The summed E-state index contributed by atoms with van der Waals surface area (Å²) >= 11 is 0. The first kappa shape index (κ1) is 23.0. The van der Waals surface area contributed by atoms with Crippen LogP contribution in [-0.4, -0.2) is 62.9 Å². The lowest BCUT2D eigenvalue weighted by Gasteiger charge is -2.25. The number of likely N-dealkylation sites (N-methyl/N-ethyl adjacent to an activating group) is 1. The SMILES string of the molecule is Cc1ccc(C2CN(c3nc4c(cnn4-c4ccc(C(F)(F)F)cn4)c(=O)[nH]3)CC2N(C)C)cc1. The number of alkyl halides is 3. The van der Waals surface area contributed by atoms with Crippen LogP contribution in [0.25, 0.3) is 16.9 Å². The van der Waals surface area contributed by atoms with E-state index in [0.29, 0.717) is 19.0 Å². The summed E-state index contributed by atoms with van der Waals surface area (Å²) in [5.41, 5.74) is 1.39. The van der Waals surface area contributed by atoms with Crippen molar-refractivity contribution in [2.24, 2.45) is 0 Å². The van der Waals surface area contributed by atoms with Crippen LogP contribution >= 0.6 is 0 Å². The van der Waals surface area contributed by atoms with Crippen molar-refractivity contribution >= 4 is 17.0 Å². The van der Waals surface area contributed by atoms with Crippen molar-refractivity contribution in [2.75, 3.05) is 32.1 Å². The van der Waals surface area contributed by atoms with Gasteiger partial charge in [0.05, 0.1) is 11.8 Å². The summed E-state index contributed by atoms with van der Waals surface area (Å²) in [6.45, 7) is 3.34. The van der Waals surface area contributed by atoms with Gasteiger partial charge in [0.25, 0.3) is 5.56 Å². The van der Waals surface area contributed by atoms with Crippen molar-refractivity contribution < 1.29 is 13.2 Å². The van der Waals surface area contributed by atoms with Gasteiger partial charge < -0.3 is 9.80 Å². The molecule has 4 aromatic rings. The summed E-state index contributed by atoms with van der Waals surface area (Å²) < 4.78 is 40.1. The number of aromatic nitrogens is 5. The largest absolute Gasteiger partial charge is 0.417 e. The molecule has 1 N–H and O–H groups in total. The maximum atomic E-state index is 12.9. The maximum absolute atomic E-state index is 12.9. The standard InChI is InChI=1S/C24H24F3N7O/c1-14-4-6-15(7-5-14)18-12-33(13-19(18)32(2)3)23-30-21-17(22(35)31-23)11-29-34(21)20-9-8-16(10-28-20)24(25,26)27/h4-11,18-19H,12-13H2,1-3H3,(H,30,31,35). The van der Waals surface area contributed by atoms with Gasteiger partial charge in [-0.05, 0) is 38.7 Å². The van der Waals surface area contributed by atoms with Crippen LogP contribution in [0.1, 0.15) is 22.6 Å². The summed E-state index contributed by atoms with van der Waals surface area (Å²) in [5, 5.41) is 4.39. The lowest BCUT2D eigenvalue weighted by molar-refractivity contribution is -0.137. The zero-order chi connectivity index (χ0) is 24.9. The molecule has 0 spiro atoms. The predicted octanol–water partition coefficient (Wildman–Crippen LogP) is 3.37. The molecule has 2 atom stereocenters. The molecule has 0 radical (unpaired) electrons. The molecule has 5 rings (SSSR count). The Morgan fingerprint density at radius 3 is 2.43 bits per heavy atom. The molecule has 182 valence electrons. The minimum absolute atomic E-state index is 0.141. The summed E-state index contributed by atoms with van der Waals surface area (Å²) in [4.78, 5) is 28.4. The third-order valence-corrected chi connectivity index (χ3v) is 6.48. The van der Waals surface area contributed by atoms with Crippen molar-refractivity contribution in [1.29, 1.82) is 0 Å². The van der Waals surface area contributed by atoms with Crippen LogP contribution in [0, 0.1) is 6.92 Å². The fourth-order valence-electron chi connectivity index (χ4n) is 4.53. The maximum Gasteiger partial charge on any atom is 0.417 e. The molecule has 1 aromatic carbocycles. The Labute approximate surface area is 199 Å². The molecule has 35 heavy (non-hydrogen) atoms. The molecule has 1 fully saturated rings. The Balaban J connectivity index is 1.51. The summed E-state index contributed by atoms with van der Waals surface area (Å²) in [5.74, 6) is 0.730. The fraction of sp³-hybridized carbons (Fsp3) is 0.333. The second kappa shape index (κ2) is 8.49. The highest BCUT2D eigenvalue weighted by Gasteiger charge is 2.36. The number of hydrogen-bond acceptors (Lipinski definition) is 6. The highest BCUT2D eigenvalue weighted by Crippen LogP contribution is 2.33. The predicted molar refractivity (Wildman–Crippen MR) is 126 cm³/mol. The van der Waals surface area contributed by atoms with Gasteiger partial charge in [-0.1, -0.05) is 29.8 Å². The van der Waals surface area contributed by atoms with Gasteiger partial charge in [0.2, 0.25) is 5.95 Å². The molecule has 0 saturated carbocycles. The van der Waals surface area contributed by atoms with E-state index in [1.54, 1.807) is 0 Å². The number of hydrogen-bond donors (Lipinski definition) is 1. The van der Waals surface area contributed by atoms with Gasteiger partial charge >= 0.3 is 6.18 Å². The van der Waals surface area contributed by atoms with E-state index in [0.717, 1.165) is 12.3 Å². The van der Waals surface area contributed by atoms with E-state index in [9.17, 15) is 18.0 Å². The Bertz CT molecular complexity index is 1410. The van der Waals surface area contributed by atoms with Crippen LogP contribution in [0.5, 0.6) is 0 Å². The zero-order valence-electron chi connectivity index (χ0n) is 19.4. The molecular weight excluding hydrogens is 459 g/mol. The van der Waals surface area contributed by atoms with Gasteiger partial charge in [-0.15, -0.1) is 0 Å². The van der Waals surface area contributed by atoms with E-state index in [-0.39, 0.29) is 34.4 Å². The van der Waals surface area contributed by atoms with E-state index >= 15 is 0 Å². The molecule has 1 aliphatic rings. The van der Waals surface area contributed by atoms with E-state index < -0.39 is 11.7 Å². The fourth-order valence-corrected chi connectivity index (χ4v) is 4.53. The highest BCUT2D eigenvalue weighted by molar-refractivity contribution is 5.76. The van der Waals surface area contributed by atoms with Crippen molar-refractivity contribution in [1.82, 2.24) is 29.6 Å². The normalized spacial score (nSPS) is 18.7. The first-order valence-corrected chi connectivity index (χ1v) is 11.1. The highest BCUT2D eigenvalue weighted by atomic mass is 19.4. The summed E-state index contributed by atoms with van der Waals surface area (Å²) in [6, 6.07) is 10.8. The molecular formula is C24H24F3N7O. The van der Waals surface area contributed by atoms with Crippen molar-refractivity contribution in [3.05, 3.63) is 75.8 Å². The van der Waals surface area contributed by atoms with Gasteiger partial charge in [0, 0.05) is 31.2 Å². The van der Waals surface area contributed by atoms with Crippen LogP contribution < -0.4 is 10.5 Å². The monoisotopic (exact) mass is 483 g/mol. The molecule has 1 aliphatic heterocycles. The Hall–Kier alpha value is -3.73. The number of aromatic amines is 1. The zero-order valence-corrected chi connectivity index (χ0v) is 19.4. The number of nitrogens with one attached hydrogen (secondary N) is 1. The van der Waals surface area contributed by atoms with E-state index in [2.05, 4.69) is 49.2 Å². The molecule has 11 heteroatoms. The number of halogens is 3. The topological polar surface area (TPSA) is 82.9 Å². The van der Waals surface area contributed by atoms with Crippen LogP contribution in [0.3, 0.4) is 0 Å². The van der Waals surface area contributed by atoms with E-state index in [4.69, 9.17) is 0 Å². The quantitative estimate of drug-likeness (QED) is 0.479. The van der Waals surface area contributed by atoms with Crippen LogP contribution in [0.2, 0.25) is 0 Å². The molecule has 0 aliphatic carbocycles. The number of pyridine rings is 1. The van der Waals surface area contributed by atoms with Crippen molar-refractivity contribution in [3.8, 4) is 5.82 Å². The van der Waals surface area contributed by atoms with Crippen LogP contribution in [0.4, 0.5) is 19.1 Å². The molecule has 3 aromatic heterocycles. The smallest absolute Gasteiger partial charge is 0.340 e. The average molecular weight is 483 g/mol. The van der Waals surface area contributed by atoms with E-state index in [1.165, 1.54) is 28.1 Å². The second-order valence-corrected chi connectivity index (χ2v) is 9.04. The van der Waals surface area contributed by atoms with Gasteiger partial charge in [-0.25, -0.2) is 4.98 Å². The minimum Gasteiger partial charge on any atom is -0.340 e. The van der Waals surface area contributed by atoms with E-state index in [1.807, 2.05) is 25.9 Å². The molecule has 0 bridgehead atoms. The second-order valence-electron chi connectivity index (χ2n) is 9.04. The van der Waals surface area contributed by atoms with Crippen molar-refractivity contribution in [2.45, 2.75) is 25.1 Å². The third kappa shape index (κ3) is 4.27. The summed E-state index contributed by atoms with van der Waals surface area (Å²) in [6.07, 6.45) is -2.41. The number of fused-ring (bicyclic) bond motifs is 1. The van der Waals surface area contributed by atoms with Gasteiger partial charge in [0.15, 0.2) is 11.5 Å². The van der Waals surface area contributed by atoms with Gasteiger partial charge in [-0.3, -0.25) is 9.78 Å². The molecule has 1 saturated heterocycles. The molecule has 8 nitrogen and oxygen atoms in total. The molecule has 4 heterocycles. The number of nitrogens with zero attached hydrogens (tertiary/aromatic N) is 6. The number of benzene rings is 1. The average Bonchev–Trinajstić information content (AvgIpc) is 3.44. The molecule has 2 unspecified atom stereocenters.